The van der Waals surface area contributed by atoms with Crippen molar-refractivity contribution in [1.29, 1.82) is 0 Å². The Kier molecular flexibility index (Phi) is 1.56. The van der Waals surface area contributed by atoms with Crippen molar-refractivity contribution in [3.05, 3.63) is 36.3 Å². The normalized spacial score (nSPS) is 10.9. The van der Waals surface area contributed by atoms with Crippen molar-refractivity contribution in [1.82, 2.24) is 9.97 Å². The Morgan fingerprint density at radius 2 is 2.13 bits per heavy atom. The lowest BCUT2D eigenvalue weighted by atomic mass is 10.2. The number of hydrogen-bond acceptors (Lipinski definition) is 4. The van der Waals surface area contributed by atoms with Gasteiger partial charge in [-0.2, -0.15) is 0 Å². The fraction of sp³-hybridized carbons (Fsp3) is 0. The zero-order chi connectivity index (χ0) is 10.3. The van der Waals surface area contributed by atoms with E-state index in [-0.39, 0.29) is 0 Å². The molecule has 72 valence electrons. The quantitative estimate of drug-likeness (QED) is 0.562. The third-order valence-corrected chi connectivity index (χ3v) is 2.30. The number of aromatic nitrogens is 2. The van der Waals surface area contributed by atoms with Crippen molar-refractivity contribution >= 4 is 28.4 Å². The molecule has 0 radical (unpaired) electrons. The molecule has 3 rings (SSSR count). The maximum atomic E-state index is 10.8. The minimum absolute atomic E-state index is 0.388. The van der Waals surface area contributed by atoms with Gasteiger partial charge in [-0.25, -0.2) is 4.98 Å². The molecule has 0 unspecified atom stereocenters. The molecule has 0 amide bonds. The van der Waals surface area contributed by atoms with Crippen LogP contribution in [0.15, 0.2) is 35.0 Å². The summed E-state index contributed by atoms with van der Waals surface area (Å²) in [6, 6.07) is 5.39. The summed E-state index contributed by atoms with van der Waals surface area (Å²) in [7, 11) is 0. The molecule has 4 heteroatoms. The van der Waals surface area contributed by atoms with Gasteiger partial charge in [-0.15, -0.1) is 0 Å². The number of rotatable bonds is 1. The number of carbonyl (C=O) groups excluding carboxylic acids is 1. The van der Waals surface area contributed by atoms with E-state index in [2.05, 4.69) is 9.97 Å². The zero-order valence-electron chi connectivity index (χ0n) is 7.68. The van der Waals surface area contributed by atoms with Crippen LogP contribution in [0.1, 0.15) is 10.5 Å². The van der Waals surface area contributed by atoms with Crippen LogP contribution >= 0.6 is 0 Å². The smallest absolute Gasteiger partial charge is 0.227 e. The van der Waals surface area contributed by atoms with E-state index in [4.69, 9.17) is 4.42 Å². The van der Waals surface area contributed by atoms with E-state index in [0.29, 0.717) is 17.0 Å². The van der Waals surface area contributed by atoms with Crippen LogP contribution in [-0.4, -0.2) is 16.3 Å². The molecule has 0 spiro atoms. The van der Waals surface area contributed by atoms with Gasteiger partial charge in [-0.05, 0) is 18.2 Å². The SMILES string of the molecule is O=Cc1nccc2oc3ncccc3c12. The largest absolute Gasteiger partial charge is 0.438 e. The van der Waals surface area contributed by atoms with Crippen molar-refractivity contribution in [3.8, 4) is 0 Å². The maximum Gasteiger partial charge on any atom is 0.227 e. The van der Waals surface area contributed by atoms with Gasteiger partial charge in [-0.3, -0.25) is 9.78 Å². The Labute approximate surface area is 84.6 Å². The molecule has 3 heterocycles. The highest BCUT2D eigenvalue weighted by atomic mass is 16.3. The molecule has 0 saturated carbocycles. The standard InChI is InChI=1S/C11H6N2O2/c14-6-8-10-7-2-1-4-13-11(7)15-9(10)3-5-12-8/h1-6H. The molecule has 0 saturated heterocycles. The van der Waals surface area contributed by atoms with Gasteiger partial charge < -0.3 is 4.42 Å². The van der Waals surface area contributed by atoms with Crippen LogP contribution < -0.4 is 0 Å². The summed E-state index contributed by atoms with van der Waals surface area (Å²) < 4.78 is 5.48. The number of furan rings is 1. The van der Waals surface area contributed by atoms with Crippen molar-refractivity contribution in [2.75, 3.05) is 0 Å². The second-order valence-corrected chi connectivity index (χ2v) is 3.15. The van der Waals surface area contributed by atoms with Crippen molar-refractivity contribution < 1.29 is 9.21 Å². The van der Waals surface area contributed by atoms with Gasteiger partial charge in [0.15, 0.2) is 6.29 Å². The number of nitrogens with zero attached hydrogens (tertiary/aromatic N) is 2. The lowest BCUT2D eigenvalue weighted by molar-refractivity contribution is 0.112. The summed E-state index contributed by atoms with van der Waals surface area (Å²) in [6.45, 7) is 0. The van der Waals surface area contributed by atoms with Crippen LogP contribution in [0.4, 0.5) is 0 Å². The fourth-order valence-corrected chi connectivity index (χ4v) is 1.67. The monoisotopic (exact) mass is 198 g/mol. The fourth-order valence-electron chi connectivity index (χ4n) is 1.67. The Balaban J connectivity index is 2.62. The van der Waals surface area contributed by atoms with E-state index in [1.165, 1.54) is 0 Å². The first kappa shape index (κ1) is 8.11. The molecule has 0 aromatic carbocycles. The first-order valence-corrected chi connectivity index (χ1v) is 4.47. The highest BCUT2D eigenvalue weighted by Crippen LogP contribution is 2.27. The van der Waals surface area contributed by atoms with E-state index >= 15 is 0 Å². The summed E-state index contributed by atoms with van der Waals surface area (Å²) in [5.74, 6) is 0. The first-order valence-electron chi connectivity index (χ1n) is 4.47. The van der Waals surface area contributed by atoms with E-state index in [0.717, 1.165) is 17.1 Å². The second-order valence-electron chi connectivity index (χ2n) is 3.15. The van der Waals surface area contributed by atoms with Crippen LogP contribution in [0.3, 0.4) is 0 Å². The van der Waals surface area contributed by atoms with E-state index < -0.39 is 0 Å². The molecule has 0 aliphatic carbocycles. The predicted octanol–water partition coefficient (Wildman–Crippen LogP) is 2.19. The third kappa shape index (κ3) is 1.05. The summed E-state index contributed by atoms with van der Waals surface area (Å²) >= 11 is 0. The number of hydrogen-bond donors (Lipinski definition) is 0. The maximum absolute atomic E-state index is 10.8. The number of aldehydes is 1. The Morgan fingerprint density at radius 3 is 3.00 bits per heavy atom. The van der Waals surface area contributed by atoms with Crippen LogP contribution in [0.25, 0.3) is 22.1 Å². The zero-order valence-corrected chi connectivity index (χ0v) is 7.68. The van der Waals surface area contributed by atoms with Gasteiger partial charge in [0.25, 0.3) is 0 Å². The average Bonchev–Trinajstić information content (AvgIpc) is 2.67. The van der Waals surface area contributed by atoms with Crippen molar-refractivity contribution in [2.45, 2.75) is 0 Å². The highest BCUT2D eigenvalue weighted by Gasteiger charge is 2.11. The summed E-state index contributed by atoms with van der Waals surface area (Å²) in [5, 5.41) is 1.55. The van der Waals surface area contributed by atoms with Gasteiger partial charge in [0.2, 0.25) is 5.71 Å². The molecule has 3 aromatic rings. The number of pyridine rings is 2. The number of carbonyl (C=O) groups is 1. The molecular weight excluding hydrogens is 192 g/mol. The van der Waals surface area contributed by atoms with Crippen LogP contribution in [0, 0.1) is 0 Å². The second kappa shape index (κ2) is 2.88. The lowest BCUT2D eigenvalue weighted by Gasteiger charge is -1.91. The summed E-state index contributed by atoms with van der Waals surface area (Å²) in [4.78, 5) is 18.9. The van der Waals surface area contributed by atoms with Gasteiger partial charge in [-0.1, -0.05) is 0 Å². The Bertz CT molecular complexity index is 658. The van der Waals surface area contributed by atoms with E-state index in [1.807, 2.05) is 6.07 Å². The van der Waals surface area contributed by atoms with E-state index in [1.54, 1.807) is 24.5 Å². The third-order valence-electron chi connectivity index (χ3n) is 2.30. The van der Waals surface area contributed by atoms with Crippen molar-refractivity contribution in [2.24, 2.45) is 0 Å². The minimum atomic E-state index is 0.388. The Morgan fingerprint density at radius 1 is 1.20 bits per heavy atom. The van der Waals surface area contributed by atoms with Gasteiger partial charge in [0.1, 0.15) is 11.3 Å². The van der Waals surface area contributed by atoms with Crippen LogP contribution in [-0.2, 0) is 0 Å². The van der Waals surface area contributed by atoms with Crippen LogP contribution in [0.5, 0.6) is 0 Å². The molecule has 0 N–H and O–H groups in total. The molecule has 0 aliphatic rings. The predicted molar refractivity (Wildman–Crippen MR) is 54.7 cm³/mol. The molecule has 0 fully saturated rings. The molecule has 0 aliphatic heterocycles. The van der Waals surface area contributed by atoms with Crippen molar-refractivity contribution in [3.63, 3.8) is 0 Å². The minimum Gasteiger partial charge on any atom is -0.438 e. The van der Waals surface area contributed by atoms with Gasteiger partial charge in [0.05, 0.1) is 10.8 Å². The van der Waals surface area contributed by atoms with E-state index in [9.17, 15) is 4.79 Å². The van der Waals surface area contributed by atoms with Gasteiger partial charge >= 0.3 is 0 Å². The lowest BCUT2D eigenvalue weighted by Crippen LogP contribution is -1.85. The number of fused-ring (bicyclic) bond motifs is 3. The average molecular weight is 198 g/mol. The molecule has 3 aromatic heterocycles. The molecule has 0 atom stereocenters. The topological polar surface area (TPSA) is 56.0 Å². The molecule has 0 bridgehead atoms. The Hall–Kier alpha value is -2.23. The first-order chi connectivity index (χ1) is 7.40. The summed E-state index contributed by atoms with van der Waals surface area (Å²) in [5.41, 5.74) is 1.56. The summed E-state index contributed by atoms with van der Waals surface area (Å²) in [6.07, 6.45) is 3.93. The van der Waals surface area contributed by atoms with Crippen LogP contribution in [0.2, 0.25) is 0 Å². The van der Waals surface area contributed by atoms with Gasteiger partial charge in [0, 0.05) is 12.4 Å². The molecular formula is C11H6N2O2. The highest BCUT2D eigenvalue weighted by molar-refractivity contribution is 6.10. The molecule has 15 heavy (non-hydrogen) atoms. The molecule has 4 nitrogen and oxygen atoms in total.